The summed E-state index contributed by atoms with van der Waals surface area (Å²) in [5.74, 6) is 0. The Morgan fingerprint density at radius 1 is 0.407 bits per heavy atom. The monoisotopic (exact) mass is 709 g/mol. The van der Waals surface area contributed by atoms with Crippen LogP contribution >= 0.6 is 12.6 Å². The zero-order valence-electron chi connectivity index (χ0n) is 29.7. The van der Waals surface area contributed by atoms with E-state index in [-0.39, 0.29) is 0 Å². The fraction of sp³-hybridized carbons (Fsp3) is 0.0196. The summed E-state index contributed by atoms with van der Waals surface area (Å²) in [7, 11) is 0. The molecular formula is C51H35NOS. The number of benzene rings is 9. The lowest BCUT2D eigenvalue weighted by atomic mass is 9.87. The molecule has 0 aliphatic rings. The van der Waals surface area contributed by atoms with Crippen LogP contribution in [0.1, 0.15) is 5.56 Å². The third-order valence-electron chi connectivity index (χ3n) is 10.8. The molecule has 0 aliphatic heterocycles. The van der Waals surface area contributed by atoms with Gasteiger partial charge in [-0.3, -0.25) is 0 Å². The molecule has 0 atom stereocenters. The van der Waals surface area contributed by atoms with Crippen LogP contribution in [-0.2, 0) is 0 Å². The molecule has 54 heavy (non-hydrogen) atoms. The molecule has 2 nitrogen and oxygen atoms in total. The molecule has 10 rings (SSSR count). The fourth-order valence-corrected chi connectivity index (χ4v) is 8.54. The van der Waals surface area contributed by atoms with Crippen molar-refractivity contribution in [1.29, 1.82) is 0 Å². The number of nitrogens with one attached hydrogen (secondary N) is 1. The van der Waals surface area contributed by atoms with E-state index in [0.717, 1.165) is 66.0 Å². The molecule has 3 heteroatoms. The minimum absolute atomic E-state index is 0.849. The Morgan fingerprint density at radius 2 is 0.963 bits per heavy atom. The number of anilines is 2. The molecular weight excluding hydrogens is 675 g/mol. The SMILES string of the molecule is Cc1c(-c2cc3ccccc3c3ccccc23)cccc1-c1cccc2oc3cccc(Nc4ccccc4-c4cccc(-c5ccccc5S)c4)c3c12. The largest absolute Gasteiger partial charge is 0.456 e. The average molecular weight is 710 g/mol. The standard InChI is InChI=1S/C51H35NOS/c1-32-36(22-11-23-37(32)44-31-35-14-2-3-17-38(35)41-20-4-5-21-42(41)44)43-24-12-27-47-50(43)51-46(26-13-28-48(51)53-47)52-45-25-8-6-18-39(45)33-15-10-16-34(30-33)40-19-7-9-29-49(40)54/h2-31,52,54H,1H3. The van der Waals surface area contributed by atoms with Gasteiger partial charge in [-0.1, -0.05) is 140 Å². The molecule has 0 radical (unpaired) electrons. The maximum absolute atomic E-state index is 6.60. The number of furan rings is 1. The average Bonchev–Trinajstić information content (AvgIpc) is 3.61. The Hall–Kier alpha value is -6.55. The smallest absolute Gasteiger partial charge is 0.137 e. The third-order valence-corrected chi connectivity index (χ3v) is 11.2. The van der Waals surface area contributed by atoms with Gasteiger partial charge in [0.25, 0.3) is 0 Å². The lowest BCUT2D eigenvalue weighted by Gasteiger charge is -2.17. The lowest BCUT2D eigenvalue weighted by Crippen LogP contribution is -1.95. The second-order valence-corrected chi connectivity index (χ2v) is 14.4. The molecule has 1 aromatic heterocycles. The van der Waals surface area contributed by atoms with E-state index < -0.39 is 0 Å². The predicted molar refractivity (Wildman–Crippen MR) is 232 cm³/mol. The summed E-state index contributed by atoms with van der Waals surface area (Å²) in [6.45, 7) is 2.26. The van der Waals surface area contributed by atoms with Crippen LogP contribution in [0, 0.1) is 6.92 Å². The van der Waals surface area contributed by atoms with E-state index in [1.165, 1.54) is 43.8 Å². The van der Waals surface area contributed by atoms with Gasteiger partial charge >= 0.3 is 0 Å². The molecule has 0 bridgehead atoms. The van der Waals surface area contributed by atoms with Crippen LogP contribution in [0.5, 0.6) is 0 Å². The number of rotatable bonds is 6. The molecule has 1 heterocycles. The minimum Gasteiger partial charge on any atom is -0.456 e. The zero-order chi connectivity index (χ0) is 36.2. The topological polar surface area (TPSA) is 25.2 Å². The molecule has 1 N–H and O–H groups in total. The Bertz CT molecular complexity index is 3060. The van der Waals surface area contributed by atoms with Gasteiger partial charge in [0.15, 0.2) is 0 Å². The normalized spacial score (nSPS) is 11.5. The van der Waals surface area contributed by atoms with Crippen LogP contribution in [-0.4, -0.2) is 0 Å². The maximum Gasteiger partial charge on any atom is 0.137 e. The quantitative estimate of drug-likeness (QED) is 0.133. The van der Waals surface area contributed by atoms with Gasteiger partial charge in [0, 0.05) is 21.5 Å². The lowest BCUT2D eigenvalue weighted by molar-refractivity contribution is 0.669. The van der Waals surface area contributed by atoms with E-state index in [1.54, 1.807) is 0 Å². The van der Waals surface area contributed by atoms with E-state index in [0.29, 0.717) is 0 Å². The number of para-hydroxylation sites is 1. The molecule has 0 saturated heterocycles. The van der Waals surface area contributed by atoms with Gasteiger partial charge in [0.1, 0.15) is 11.2 Å². The molecule has 0 spiro atoms. The highest BCUT2D eigenvalue weighted by molar-refractivity contribution is 7.80. The Labute approximate surface area is 319 Å². The third kappa shape index (κ3) is 5.36. The molecule has 0 saturated carbocycles. The summed E-state index contributed by atoms with van der Waals surface area (Å²) in [6, 6.07) is 64.6. The highest BCUT2D eigenvalue weighted by atomic mass is 32.1. The first kappa shape index (κ1) is 32.1. The van der Waals surface area contributed by atoms with Crippen molar-refractivity contribution in [2.45, 2.75) is 11.8 Å². The second-order valence-electron chi connectivity index (χ2n) is 13.9. The van der Waals surface area contributed by atoms with Crippen LogP contribution in [0.2, 0.25) is 0 Å². The van der Waals surface area contributed by atoms with Crippen LogP contribution < -0.4 is 5.32 Å². The van der Waals surface area contributed by atoms with Gasteiger partial charge in [-0.25, -0.2) is 0 Å². The van der Waals surface area contributed by atoms with Gasteiger partial charge in [-0.2, -0.15) is 0 Å². The van der Waals surface area contributed by atoms with Crippen molar-refractivity contribution in [2.24, 2.45) is 0 Å². The molecule has 0 fully saturated rings. The number of fused-ring (bicyclic) bond motifs is 6. The van der Waals surface area contributed by atoms with Crippen LogP contribution in [0.3, 0.4) is 0 Å². The number of thiol groups is 1. The van der Waals surface area contributed by atoms with E-state index >= 15 is 0 Å². The predicted octanol–water partition coefficient (Wildman–Crippen LogP) is 14.9. The molecule has 0 aliphatic carbocycles. The summed E-state index contributed by atoms with van der Waals surface area (Å²) in [4.78, 5) is 0.960. The zero-order valence-corrected chi connectivity index (χ0v) is 30.6. The van der Waals surface area contributed by atoms with E-state index in [1.807, 2.05) is 12.1 Å². The van der Waals surface area contributed by atoms with Gasteiger partial charge in [-0.15, -0.1) is 12.6 Å². The minimum atomic E-state index is 0.849. The van der Waals surface area contributed by atoms with Crippen molar-refractivity contribution in [1.82, 2.24) is 0 Å². The van der Waals surface area contributed by atoms with Crippen molar-refractivity contribution in [3.63, 3.8) is 0 Å². The summed E-state index contributed by atoms with van der Waals surface area (Å²) < 4.78 is 6.60. The van der Waals surface area contributed by atoms with Crippen molar-refractivity contribution in [3.05, 3.63) is 188 Å². The van der Waals surface area contributed by atoms with Crippen LogP contribution in [0.4, 0.5) is 11.4 Å². The van der Waals surface area contributed by atoms with Gasteiger partial charge < -0.3 is 9.73 Å². The molecule has 9 aromatic carbocycles. The van der Waals surface area contributed by atoms with Gasteiger partial charge in [-0.05, 0) is 115 Å². The fourth-order valence-electron chi connectivity index (χ4n) is 8.25. The number of hydrogen-bond acceptors (Lipinski definition) is 3. The van der Waals surface area contributed by atoms with Crippen LogP contribution in [0.15, 0.2) is 191 Å². The molecule has 0 unspecified atom stereocenters. The highest BCUT2D eigenvalue weighted by Gasteiger charge is 2.20. The maximum atomic E-state index is 6.60. The second kappa shape index (κ2) is 13.1. The molecule has 10 aromatic rings. The summed E-state index contributed by atoms with van der Waals surface area (Å²) >= 11 is 4.75. The van der Waals surface area contributed by atoms with E-state index in [2.05, 4.69) is 182 Å². The molecule has 256 valence electrons. The Morgan fingerprint density at radius 3 is 1.80 bits per heavy atom. The summed E-state index contributed by atoms with van der Waals surface area (Å²) in [5.41, 5.74) is 14.3. The number of hydrogen-bond donors (Lipinski definition) is 2. The highest BCUT2D eigenvalue weighted by Crippen LogP contribution is 2.45. The van der Waals surface area contributed by atoms with Crippen molar-refractivity contribution in [3.8, 4) is 44.5 Å². The molecule has 0 amide bonds. The van der Waals surface area contributed by atoms with E-state index in [9.17, 15) is 0 Å². The van der Waals surface area contributed by atoms with Crippen molar-refractivity contribution < 1.29 is 4.42 Å². The summed E-state index contributed by atoms with van der Waals surface area (Å²) in [6.07, 6.45) is 0. The van der Waals surface area contributed by atoms with Crippen molar-refractivity contribution in [2.75, 3.05) is 5.32 Å². The Kier molecular flexibility index (Phi) is 7.82. The van der Waals surface area contributed by atoms with Crippen molar-refractivity contribution >= 4 is 67.5 Å². The summed E-state index contributed by atoms with van der Waals surface area (Å²) in [5, 5.41) is 11.1. The van der Waals surface area contributed by atoms with E-state index in [4.69, 9.17) is 17.0 Å². The first-order valence-corrected chi connectivity index (χ1v) is 18.8. The van der Waals surface area contributed by atoms with Gasteiger partial charge in [0.05, 0.1) is 11.1 Å². The first-order chi connectivity index (χ1) is 26.6. The Balaban J connectivity index is 1.12. The first-order valence-electron chi connectivity index (χ1n) is 18.3. The van der Waals surface area contributed by atoms with Crippen LogP contribution in [0.25, 0.3) is 88.0 Å². The van der Waals surface area contributed by atoms with Gasteiger partial charge in [0.2, 0.25) is 0 Å².